The highest BCUT2D eigenvalue weighted by Gasteiger charge is 2.29. The number of rotatable bonds is 2. The number of benzene rings is 1. The Labute approximate surface area is 137 Å². The molecule has 1 aromatic carbocycles. The topological polar surface area (TPSA) is 72.6 Å². The van der Waals surface area contributed by atoms with Crippen LogP contribution < -0.4 is 5.73 Å². The van der Waals surface area contributed by atoms with Crippen molar-refractivity contribution in [2.45, 2.75) is 52.1 Å². The van der Waals surface area contributed by atoms with Crippen LogP contribution in [-0.4, -0.2) is 35.6 Å². The Hall–Kier alpha value is -2.04. The van der Waals surface area contributed by atoms with Gasteiger partial charge in [0, 0.05) is 24.6 Å². The molecule has 0 aliphatic carbocycles. The smallest absolute Gasteiger partial charge is 0.410 e. The minimum atomic E-state index is -0.508. The highest BCUT2D eigenvalue weighted by atomic mass is 16.6. The van der Waals surface area contributed by atoms with Gasteiger partial charge in [-0.05, 0) is 52.2 Å². The van der Waals surface area contributed by atoms with E-state index in [4.69, 9.17) is 10.5 Å². The van der Waals surface area contributed by atoms with Crippen LogP contribution in [0.5, 0.6) is 0 Å². The molecule has 1 heterocycles. The number of likely N-dealkylation sites (tertiary alicyclic amines) is 1. The second-order valence-corrected chi connectivity index (χ2v) is 7.22. The van der Waals surface area contributed by atoms with Crippen LogP contribution in [0.3, 0.4) is 0 Å². The van der Waals surface area contributed by atoms with E-state index in [1.54, 1.807) is 4.90 Å². The van der Waals surface area contributed by atoms with Crippen LogP contribution >= 0.6 is 0 Å². The number of carbonyl (C=O) groups excluding carboxylic acids is 2. The number of carbonyl (C=O) groups is 2. The van der Waals surface area contributed by atoms with Gasteiger partial charge in [-0.25, -0.2) is 4.79 Å². The molecule has 0 spiro atoms. The number of primary amides is 1. The predicted octanol–water partition coefficient (Wildman–Crippen LogP) is 3.21. The summed E-state index contributed by atoms with van der Waals surface area (Å²) < 4.78 is 5.45. The van der Waals surface area contributed by atoms with E-state index in [2.05, 4.69) is 0 Å². The monoisotopic (exact) mass is 318 g/mol. The molecule has 2 rings (SSSR count). The molecule has 0 bridgehead atoms. The Morgan fingerprint density at radius 1 is 1.30 bits per heavy atom. The van der Waals surface area contributed by atoms with Crippen LogP contribution in [0.2, 0.25) is 0 Å². The van der Waals surface area contributed by atoms with Gasteiger partial charge in [-0.1, -0.05) is 17.7 Å². The van der Waals surface area contributed by atoms with Crippen molar-refractivity contribution >= 4 is 12.0 Å². The first-order chi connectivity index (χ1) is 10.7. The Balaban J connectivity index is 2.19. The number of piperidine rings is 1. The number of aryl methyl sites for hydroxylation is 1. The van der Waals surface area contributed by atoms with Crippen LogP contribution in [0.25, 0.3) is 0 Å². The molecule has 1 aliphatic rings. The lowest BCUT2D eigenvalue weighted by Crippen LogP contribution is -2.42. The van der Waals surface area contributed by atoms with Gasteiger partial charge in [0.2, 0.25) is 5.91 Å². The Morgan fingerprint density at radius 3 is 2.61 bits per heavy atom. The van der Waals surface area contributed by atoms with Crippen LogP contribution in [0, 0.1) is 6.92 Å². The lowest BCUT2D eigenvalue weighted by atomic mass is 9.86. The molecular weight excluding hydrogens is 292 g/mol. The molecule has 1 atom stereocenters. The fourth-order valence-corrected chi connectivity index (χ4v) is 2.96. The van der Waals surface area contributed by atoms with E-state index in [1.807, 2.05) is 45.9 Å². The molecule has 1 saturated heterocycles. The molecule has 5 nitrogen and oxygen atoms in total. The normalized spacial score (nSPS) is 18.6. The Morgan fingerprint density at radius 2 is 2.00 bits per heavy atom. The standard InChI is InChI=1S/C18H26N2O3/c1-12-7-8-14(15(10-12)16(19)21)13-6-5-9-20(11-13)17(22)23-18(2,3)4/h7-8,10,13H,5-6,9,11H2,1-4H3,(H2,19,21). The van der Waals surface area contributed by atoms with E-state index < -0.39 is 11.5 Å². The van der Waals surface area contributed by atoms with Crippen molar-refractivity contribution in [3.05, 3.63) is 34.9 Å². The van der Waals surface area contributed by atoms with E-state index in [1.165, 1.54) is 0 Å². The summed E-state index contributed by atoms with van der Waals surface area (Å²) in [5.74, 6) is -0.308. The van der Waals surface area contributed by atoms with Crippen LogP contribution in [0.15, 0.2) is 18.2 Å². The molecule has 2 N–H and O–H groups in total. The van der Waals surface area contributed by atoms with E-state index in [0.717, 1.165) is 24.0 Å². The van der Waals surface area contributed by atoms with E-state index in [0.29, 0.717) is 18.7 Å². The van der Waals surface area contributed by atoms with Crippen molar-refractivity contribution in [1.29, 1.82) is 0 Å². The molecular formula is C18H26N2O3. The van der Waals surface area contributed by atoms with Crippen LogP contribution in [0.1, 0.15) is 61.0 Å². The summed E-state index contributed by atoms with van der Waals surface area (Å²) in [6.45, 7) is 8.75. The molecule has 2 amide bonds. The van der Waals surface area contributed by atoms with Gasteiger partial charge < -0.3 is 15.4 Å². The third-order valence-corrected chi connectivity index (χ3v) is 3.99. The first-order valence-electron chi connectivity index (χ1n) is 8.05. The maximum atomic E-state index is 12.3. The van der Waals surface area contributed by atoms with Gasteiger partial charge in [0.05, 0.1) is 0 Å². The van der Waals surface area contributed by atoms with Crippen LogP contribution in [-0.2, 0) is 4.74 Å². The third-order valence-electron chi connectivity index (χ3n) is 3.99. The maximum Gasteiger partial charge on any atom is 0.410 e. The second-order valence-electron chi connectivity index (χ2n) is 7.22. The zero-order chi connectivity index (χ0) is 17.2. The van der Waals surface area contributed by atoms with E-state index >= 15 is 0 Å². The zero-order valence-electron chi connectivity index (χ0n) is 14.4. The first kappa shape index (κ1) is 17.3. The molecule has 0 aromatic heterocycles. The zero-order valence-corrected chi connectivity index (χ0v) is 14.4. The highest BCUT2D eigenvalue weighted by Crippen LogP contribution is 2.30. The molecule has 1 fully saturated rings. The largest absolute Gasteiger partial charge is 0.444 e. The van der Waals surface area contributed by atoms with E-state index in [9.17, 15) is 9.59 Å². The average Bonchev–Trinajstić information content (AvgIpc) is 2.45. The maximum absolute atomic E-state index is 12.3. The fourth-order valence-electron chi connectivity index (χ4n) is 2.96. The summed E-state index contributed by atoms with van der Waals surface area (Å²) in [5.41, 5.74) is 7.50. The van der Waals surface area contributed by atoms with Crippen molar-refractivity contribution in [3.8, 4) is 0 Å². The van der Waals surface area contributed by atoms with Gasteiger partial charge >= 0.3 is 6.09 Å². The van der Waals surface area contributed by atoms with Crippen molar-refractivity contribution in [2.24, 2.45) is 5.73 Å². The average molecular weight is 318 g/mol. The van der Waals surface area contributed by atoms with Crippen molar-refractivity contribution in [1.82, 2.24) is 4.90 Å². The molecule has 1 unspecified atom stereocenters. The number of amides is 2. The van der Waals surface area contributed by atoms with Crippen molar-refractivity contribution in [3.63, 3.8) is 0 Å². The van der Waals surface area contributed by atoms with Gasteiger partial charge in [-0.3, -0.25) is 4.79 Å². The van der Waals surface area contributed by atoms with Gasteiger partial charge in [0.1, 0.15) is 5.60 Å². The summed E-state index contributed by atoms with van der Waals surface area (Å²) in [6.07, 6.45) is 1.52. The summed E-state index contributed by atoms with van der Waals surface area (Å²) in [7, 11) is 0. The predicted molar refractivity (Wildman–Crippen MR) is 89.5 cm³/mol. The van der Waals surface area contributed by atoms with Gasteiger partial charge in [0.15, 0.2) is 0 Å². The summed E-state index contributed by atoms with van der Waals surface area (Å²) in [4.78, 5) is 25.7. The summed E-state index contributed by atoms with van der Waals surface area (Å²) >= 11 is 0. The lowest BCUT2D eigenvalue weighted by molar-refractivity contribution is 0.0198. The van der Waals surface area contributed by atoms with E-state index in [-0.39, 0.29) is 12.0 Å². The van der Waals surface area contributed by atoms with Gasteiger partial charge in [-0.15, -0.1) is 0 Å². The Bertz CT molecular complexity index is 605. The van der Waals surface area contributed by atoms with Gasteiger partial charge in [0.25, 0.3) is 0 Å². The molecule has 0 radical (unpaired) electrons. The van der Waals surface area contributed by atoms with Crippen LogP contribution in [0.4, 0.5) is 4.79 Å². The van der Waals surface area contributed by atoms with Gasteiger partial charge in [-0.2, -0.15) is 0 Å². The fraction of sp³-hybridized carbons (Fsp3) is 0.556. The highest BCUT2D eigenvalue weighted by molar-refractivity contribution is 5.94. The second kappa shape index (κ2) is 6.60. The number of ether oxygens (including phenoxy) is 1. The first-order valence-corrected chi connectivity index (χ1v) is 8.05. The molecule has 1 aliphatic heterocycles. The molecule has 126 valence electrons. The SMILES string of the molecule is Cc1ccc(C2CCCN(C(=O)OC(C)(C)C)C2)c(C(N)=O)c1. The minimum Gasteiger partial charge on any atom is -0.444 e. The molecule has 0 saturated carbocycles. The molecule has 5 heteroatoms. The number of nitrogens with zero attached hydrogens (tertiary/aromatic N) is 1. The number of hydrogen-bond donors (Lipinski definition) is 1. The lowest BCUT2D eigenvalue weighted by Gasteiger charge is -2.34. The molecule has 1 aromatic rings. The van der Waals surface area contributed by atoms with Crippen molar-refractivity contribution < 1.29 is 14.3 Å². The molecule has 23 heavy (non-hydrogen) atoms. The third kappa shape index (κ3) is 4.47. The number of nitrogens with two attached hydrogens (primary N) is 1. The summed E-state index contributed by atoms with van der Waals surface area (Å²) in [6, 6.07) is 5.76. The quantitative estimate of drug-likeness (QED) is 0.910. The number of hydrogen-bond acceptors (Lipinski definition) is 3. The summed E-state index contributed by atoms with van der Waals surface area (Å²) in [5, 5.41) is 0. The Kier molecular flexibility index (Phi) is 4.97. The minimum absolute atomic E-state index is 0.111. The van der Waals surface area contributed by atoms with Crippen molar-refractivity contribution in [2.75, 3.05) is 13.1 Å².